The summed E-state index contributed by atoms with van der Waals surface area (Å²) >= 11 is 0. The second-order valence-electron chi connectivity index (χ2n) is 9.29. The first-order valence-corrected chi connectivity index (χ1v) is 12.5. The van der Waals surface area contributed by atoms with E-state index < -0.39 is 5.54 Å². The van der Waals surface area contributed by atoms with Crippen molar-refractivity contribution in [2.24, 2.45) is 5.73 Å². The molecule has 2 aromatic carbocycles. The van der Waals surface area contributed by atoms with E-state index in [0.29, 0.717) is 18.7 Å². The maximum absolute atomic E-state index is 13.1. The SMILES string of the molecule is CCOC(=O)CCC(=O)C1(Nc2ccc(C#CCN(C)c3cccc(C(=N)N)c3)cc2C)CCCC1. The molecule has 0 atom stereocenters. The van der Waals surface area contributed by atoms with Gasteiger partial charge in [0.25, 0.3) is 0 Å². The van der Waals surface area contributed by atoms with E-state index in [2.05, 4.69) is 17.2 Å². The van der Waals surface area contributed by atoms with E-state index in [4.69, 9.17) is 15.9 Å². The van der Waals surface area contributed by atoms with Crippen molar-refractivity contribution in [3.8, 4) is 11.8 Å². The molecule has 0 spiro atoms. The molecule has 36 heavy (non-hydrogen) atoms. The number of ether oxygens (including phenoxy) is 1. The highest BCUT2D eigenvalue weighted by atomic mass is 16.5. The Balaban J connectivity index is 1.65. The first kappa shape index (κ1) is 26.8. The van der Waals surface area contributed by atoms with Crippen LogP contribution in [0.3, 0.4) is 0 Å². The van der Waals surface area contributed by atoms with E-state index in [-0.39, 0.29) is 30.4 Å². The van der Waals surface area contributed by atoms with E-state index in [1.807, 2.05) is 61.3 Å². The topological polar surface area (TPSA) is 109 Å². The Bertz CT molecular complexity index is 1170. The quantitative estimate of drug-likeness (QED) is 0.198. The second-order valence-corrected chi connectivity index (χ2v) is 9.29. The zero-order chi connectivity index (χ0) is 26.1. The van der Waals surface area contributed by atoms with E-state index >= 15 is 0 Å². The van der Waals surface area contributed by atoms with Crippen molar-refractivity contribution in [3.05, 3.63) is 59.2 Å². The van der Waals surface area contributed by atoms with Gasteiger partial charge < -0.3 is 20.7 Å². The zero-order valence-electron chi connectivity index (χ0n) is 21.4. The van der Waals surface area contributed by atoms with E-state index in [0.717, 1.165) is 48.2 Å². The summed E-state index contributed by atoms with van der Waals surface area (Å²) in [5.74, 6) is 6.22. The summed E-state index contributed by atoms with van der Waals surface area (Å²) < 4.78 is 4.98. The molecular weight excluding hydrogens is 452 g/mol. The summed E-state index contributed by atoms with van der Waals surface area (Å²) in [6.07, 6.45) is 3.83. The summed E-state index contributed by atoms with van der Waals surface area (Å²) in [6.45, 7) is 4.63. The lowest BCUT2D eigenvalue weighted by Gasteiger charge is -2.31. The van der Waals surface area contributed by atoms with Gasteiger partial charge in [-0.15, -0.1) is 0 Å². The van der Waals surface area contributed by atoms with Crippen LogP contribution in [0, 0.1) is 24.2 Å². The minimum absolute atomic E-state index is 0.0422. The number of hydrogen-bond acceptors (Lipinski definition) is 6. The molecule has 0 bridgehead atoms. The molecule has 0 saturated heterocycles. The van der Waals surface area contributed by atoms with Gasteiger partial charge in [0.05, 0.1) is 25.1 Å². The van der Waals surface area contributed by atoms with Crippen LogP contribution in [0.5, 0.6) is 0 Å². The number of rotatable bonds is 10. The fraction of sp³-hybridized carbons (Fsp3) is 0.414. The van der Waals surface area contributed by atoms with Crippen LogP contribution >= 0.6 is 0 Å². The van der Waals surface area contributed by atoms with Gasteiger partial charge >= 0.3 is 5.97 Å². The third-order valence-corrected chi connectivity index (χ3v) is 6.60. The van der Waals surface area contributed by atoms with Gasteiger partial charge in [-0.25, -0.2) is 0 Å². The molecule has 4 N–H and O–H groups in total. The molecule has 1 saturated carbocycles. The molecule has 0 amide bonds. The van der Waals surface area contributed by atoms with Crippen LogP contribution in [0.1, 0.15) is 62.1 Å². The number of ketones is 1. The minimum atomic E-state index is -0.623. The van der Waals surface area contributed by atoms with Crippen LogP contribution in [0.4, 0.5) is 11.4 Å². The Labute approximate surface area is 213 Å². The number of anilines is 2. The molecule has 3 rings (SSSR count). The van der Waals surface area contributed by atoms with Gasteiger partial charge in [-0.2, -0.15) is 0 Å². The molecular formula is C29H36N4O3. The molecule has 0 radical (unpaired) electrons. The molecule has 1 aliphatic rings. The summed E-state index contributed by atoms with van der Waals surface area (Å²) in [6, 6.07) is 13.5. The van der Waals surface area contributed by atoms with Crippen molar-refractivity contribution in [2.45, 2.75) is 57.9 Å². The molecule has 0 unspecified atom stereocenters. The summed E-state index contributed by atoms with van der Waals surface area (Å²) in [5.41, 5.74) is 9.45. The average Bonchev–Trinajstić information content (AvgIpc) is 3.34. The Morgan fingerprint density at radius 2 is 1.92 bits per heavy atom. The summed E-state index contributed by atoms with van der Waals surface area (Å²) in [4.78, 5) is 26.9. The fourth-order valence-corrected chi connectivity index (χ4v) is 4.54. The highest BCUT2D eigenvalue weighted by Crippen LogP contribution is 2.36. The molecule has 1 aliphatic carbocycles. The van der Waals surface area contributed by atoms with E-state index in [9.17, 15) is 9.59 Å². The zero-order valence-corrected chi connectivity index (χ0v) is 21.4. The van der Waals surface area contributed by atoms with Gasteiger partial charge in [0.1, 0.15) is 5.84 Å². The number of nitrogens with two attached hydrogens (primary N) is 1. The number of amidine groups is 1. The Morgan fingerprint density at radius 1 is 1.17 bits per heavy atom. The highest BCUT2D eigenvalue weighted by molar-refractivity contribution is 5.96. The molecule has 0 aliphatic heterocycles. The largest absolute Gasteiger partial charge is 0.466 e. The first-order valence-electron chi connectivity index (χ1n) is 12.5. The van der Waals surface area contributed by atoms with E-state index in [1.54, 1.807) is 6.92 Å². The maximum Gasteiger partial charge on any atom is 0.306 e. The van der Waals surface area contributed by atoms with Gasteiger partial charge in [0.15, 0.2) is 5.78 Å². The van der Waals surface area contributed by atoms with Crippen molar-refractivity contribution in [1.29, 1.82) is 5.41 Å². The van der Waals surface area contributed by atoms with Gasteiger partial charge in [0, 0.05) is 36.0 Å². The lowest BCUT2D eigenvalue weighted by molar-refractivity contribution is -0.144. The van der Waals surface area contributed by atoms with Crippen LogP contribution in [0.2, 0.25) is 0 Å². The van der Waals surface area contributed by atoms with Crippen LogP contribution in [0.15, 0.2) is 42.5 Å². The summed E-state index contributed by atoms with van der Waals surface area (Å²) in [7, 11) is 1.95. The molecule has 7 heteroatoms. The lowest BCUT2D eigenvalue weighted by Crippen LogP contribution is -2.44. The number of hydrogen-bond donors (Lipinski definition) is 3. The van der Waals surface area contributed by atoms with E-state index in [1.165, 1.54) is 0 Å². The standard InChI is InChI=1S/C29H36N4O3/c1-4-36-27(35)15-14-26(34)29(16-5-6-17-29)32-25-13-12-22(19-21(25)2)9-8-18-33(3)24-11-7-10-23(20-24)28(30)31/h7,10-13,19-20,32H,4-6,14-18H2,1-3H3,(H3,30,31). The minimum Gasteiger partial charge on any atom is -0.466 e. The number of nitrogens with one attached hydrogen (secondary N) is 2. The molecule has 0 aromatic heterocycles. The van der Waals surface area contributed by atoms with Crippen molar-refractivity contribution < 1.29 is 14.3 Å². The van der Waals surface area contributed by atoms with Crippen molar-refractivity contribution in [2.75, 3.05) is 30.4 Å². The van der Waals surface area contributed by atoms with Crippen molar-refractivity contribution in [3.63, 3.8) is 0 Å². The van der Waals surface area contributed by atoms with Gasteiger partial charge in [-0.1, -0.05) is 36.8 Å². The predicted octanol–water partition coefficient (Wildman–Crippen LogP) is 4.40. The van der Waals surface area contributed by atoms with Crippen LogP contribution < -0.4 is 16.0 Å². The highest BCUT2D eigenvalue weighted by Gasteiger charge is 2.40. The molecule has 1 fully saturated rings. The smallest absolute Gasteiger partial charge is 0.306 e. The van der Waals surface area contributed by atoms with Gasteiger partial charge in [0.2, 0.25) is 0 Å². The normalized spacial score (nSPS) is 13.9. The number of Topliss-reactive ketones (excluding diaryl/α,β-unsaturated/α-hetero) is 1. The Hall–Kier alpha value is -3.79. The monoisotopic (exact) mass is 488 g/mol. The fourth-order valence-electron chi connectivity index (χ4n) is 4.54. The molecule has 190 valence electrons. The van der Waals surface area contributed by atoms with Gasteiger partial charge in [-0.05, 0) is 62.6 Å². The lowest BCUT2D eigenvalue weighted by atomic mass is 9.88. The molecule has 7 nitrogen and oxygen atoms in total. The van der Waals surface area contributed by atoms with Crippen LogP contribution in [-0.4, -0.2) is 43.3 Å². The number of aryl methyl sites for hydroxylation is 1. The van der Waals surface area contributed by atoms with Crippen molar-refractivity contribution >= 4 is 29.0 Å². The number of esters is 1. The van der Waals surface area contributed by atoms with Crippen LogP contribution in [0.25, 0.3) is 0 Å². The molecule has 2 aromatic rings. The number of benzene rings is 2. The third-order valence-electron chi connectivity index (χ3n) is 6.60. The first-order chi connectivity index (χ1) is 17.2. The van der Waals surface area contributed by atoms with Crippen LogP contribution in [-0.2, 0) is 14.3 Å². The maximum atomic E-state index is 13.1. The molecule has 0 heterocycles. The van der Waals surface area contributed by atoms with Crippen molar-refractivity contribution in [1.82, 2.24) is 0 Å². The van der Waals surface area contributed by atoms with Gasteiger partial charge in [-0.3, -0.25) is 15.0 Å². The Kier molecular flexibility index (Phi) is 9.13. The Morgan fingerprint density at radius 3 is 2.58 bits per heavy atom. The predicted molar refractivity (Wildman–Crippen MR) is 144 cm³/mol. The average molecular weight is 489 g/mol. The number of nitrogen functional groups attached to an aromatic ring is 1. The third kappa shape index (κ3) is 6.88. The summed E-state index contributed by atoms with van der Waals surface area (Å²) in [5, 5.41) is 11.1. The number of carbonyl (C=O) groups is 2. The number of carbonyl (C=O) groups excluding carboxylic acids is 2. The number of nitrogens with zero attached hydrogens (tertiary/aromatic N) is 1. The second kappa shape index (κ2) is 12.3.